The van der Waals surface area contributed by atoms with Crippen LogP contribution < -0.4 is 14.8 Å². The smallest absolute Gasteiger partial charge is 0.270 e. The lowest BCUT2D eigenvalue weighted by Crippen LogP contribution is -2.27. The molecule has 0 saturated carbocycles. The lowest BCUT2D eigenvalue weighted by atomic mass is 10.1. The Kier molecular flexibility index (Phi) is 5.11. The molecule has 0 aliphatic heterocycles. The number of nitrogens with one attached hydrogen (secondary N) is 1. The van der Waals surface area contributed by atoms with Gasteiger partial charge in [-0.25, -0.2) is 4.98 Å². The summed E-state index contributed by atoms with van der Waals surface area (Å²) >= 11 is 0. The summed E-state index contributed by atoms with van der Waals surface area (Å²) in [6, 6.07) is 9.67. The number of benzene rings is 1. The number of rotatable bonds is 6. The van der Waals surface area contributed by atoms with Gasteiger partial charge in [0.05, 0.1) is 19.9 Å². The number of aryl methyl sites for hydroxylation is 2. The van der Waals surface area contributed by atoms with Gasteiger partial charge in [-0.3, -0.25) is 9.20 Å². The zero-order valence-electron chi connectivity index (χ0n) is 15.5. The Morgan fingerprint density at radius 2 is 1.92 bits per heavy atom. The molecule has 2 aromatic heterocycles. The van der Waals surface area contributed by atoms with E-state index in [1.807, 2.05) is 54.8 Å². The second kappa shape index (κ2) is 7.47. The lowest BCUT2D eigenvalue weighted by Gasteiger charge is -2.10. The molecule has 0 radical (unpaired) electrons. The second-order valence-electron chi connectivity index (χ2n) is 6.13. The maximum Gasteiger partial charge on any atom is 0.270 e. The highest BCUT2D eigenvalue weighted by Crippen LogP contribution is 2.27. The van der Waals surface area contributed by atoms with E-state index in [4.69, 9.17) is 9.47 Å². The highest BCUT2D eigenvalue weighted by Gasteiger charge is 2.17. The Morgan fingerprint density at radius 1 is 1.15 bits per heavy atom. The second-order valence-corrected chi connectivity index (χ2v) is 6.13. The lowest BCUT2D eigenvalue weighted by molar-refractivity contribution is 0.0947. The quantitative estimate of drug-likeness (QED) is 0.740. The molecule has 0 aliphatic rings. The molecule has 26 heavy (non-hydrogen) atoms. The predicted octanol–water partition coefficient (Wildman–Crippen LogP) is 2.94. The van der Waals surface area contributed by atoms with Crippen molar-refractivity contribution in [3.63, 3.8) is 0 Å². The number of aromatic nitrogens is 2. The van der Waals surface area contributed by atoms with E-state index in [1.165, 1.54) is 0 Å². The predicted molar refractivity (Wildman–Crippen MR) is 100 cm³/mol. The van der Waals surface area contributed by atoms with E-state index >= 15 is 0 Å². The third kappa shape index (κ3) is 3.35. The van der Waals surface area contributed by atoms with Crippen LogP contribution in [0, 0.1) is 13.8 Å². The van der Waals surface area contributed by atoms with Crippen molar-refractivity contribution in [2.45, 2.75) is 20.3 Å². The summed E-state index contributed by atoms with van der Waals surface area (Å²) in [5.41, 5.74) is 4.22. The zero-order chi connectivity index (χ0) is 18.7. The largest absolute Gasteiger partial charge is 0.493 e. The summed E-state index contributed by atoms with van der Waals surface area (Å²) in [4.78, 5) is 17.2. The molecule has 0 atom stereocenters. The third-order valence-corrected chi connectivity index (χ3v) is 4.38. The standard InChI is InChI=1S/C20H23N3O3/c1-13-6-5-11-23-18(14(2)22-19(13)23)20(24)21-10-9-15-7-8-16(25-3)17(12-15)26-4/h5-8,11-12H,9-10H2,1-4H3,(H,21,24). The fourth-order valence-corrected chi connectivity index (χ4v) is 3.03. The van der Waals surface area contributed by atoms with Crippen molar-refractivity contribution >= 4 is 11.6 Å². The van der Waals surface area contributed by atoms with Crippen LogP contribution in [0.5, 0.6) is 11.5 Å². The van der Waals surface area contributed by atoms with Crippen molar-refractivity contribution in [3.8, 4) is 11.5 Å². The van der Waals surface area contributed by atoms with Crippen LogP contribution in [0.25, 0.3) is 5.65 Å². The molecule has 1 aromatic carbocycles. The number of carbonyl (C=O) groups excluding carboxylic acids is 1. The van der Waals surface area contributed by atoms with Crippen LogP contribution in [0.4, 0.5) is 0 Å². The molecule has 0 saturated heterocycles. The number of nitrogens with zero attached hydrogens (tertiary/aromatic N) is 2. The van der Waals surface area contributed by atoms with Gasteiger partial charge in [-0.15, -0.1) is 0 Å². The molecular formula is C20H23N3O3. The number of amides is 1. The molecule has 0 bridgehead atoms. The summed E-state index contributed by atoms with van der Waals surface area (Å²) in [7, 11) is 3.22. The van der Waals surface area contributed by atoms with E-state index < -0.39 is 0 Å². The Labute approximate surface area is 152 Å². The van der Waals surface area contributed by atoms with Crippen molar-refractivity contribution in [3.05, 3.63) is 59.0 Å². The average Bonchev–Trinajstić information content (AvgIpc) is 2.99. The number of carbonyl (C=O) groups is 1. The van der Waals surface area contributed by atoms with Gasteiger partial charge in [0.15, 0.2) is 11.5 Å². The molecule has 3 aromatic rings. The van der Waals surface area contributed by atoms with E-state index in [0.29, 0.717) is 30.2 Å². The molecule has 2 heterocycles. The summed E-state index contributed by atoms with van der Waals surface area (Å²) in [5.74, 6) is 1.25. The maximum absolute atomic E-state index is 12.6. The van der Waals surface area contributed by atoms with E-state index in [0.717, 1.165) is 22.5 Å². The van der Waals surface area contributed by atoms with Gasteiger partial charge in [0.2, 0.25) is 0 Å². The minimum atomic E-state index is -0.124. The average molecular weight is 353 g/mol. The molecule has 1 amide bonds. The first-order valence-corrected chi connectivity index (χ1v) is 8.48. The molecule has 6 nitrogen and oxygen atoms in total. The van der Waals surface area contributed by atoms with E-state index in [-0.39, 0.29) is 5.91 Å². The first-order valence-electron chi connectivity index (χ1n) is 8.48. The first kappa shape index (κ1) is 17.8. The highest BCUT2D eigenvalue weighted by molar-refractivity contribution is 5.94. The Hall–Kier alpha value is -3.02. The normalized spacial score (nSPS) is 10.8. The van der Waals surface area contributed by atoms with Crippen LogP contribution in [-0.4, -0.2) is 36.1 Å². The molecule has 0 fully saturated rings. The van der Waals surface area contributed by atoms with E-state index in [1.54, 1.807) is 14.2 Å². The topological polar surface area (TPSA) is 64.9 Å². The number of methoxy groups -OCH3 is 2. The van der Waals surface area contributed by atoms with Crippen molar-refractivity contribution in [2.75, 3.05) is 20.8 Å². The van der Waals surface area contributed by atoms with Crippen LogP contribution in [0.15, 0.2) is 36.5 Å². The van der Waals surface area contributed by atoms with Crippen molar-refractivity contribution in [1.82, 2.24) is 14.7 Å². The molecule has 6 heteroatoms. The van der Waals surface area contributed by atoms with E-state index in [9.17, 15) is 4.79 Å². The van der Waals surface area contributed by atoms with Crippen LogP contribution in [-0.2, 0) is 6.42 Å². The minimum Gasteiger partial charge on any atom is -0.493 e. The summed E-state index contributed by atoms with van der Waals surface area (Å²) in [5, 5.41) is 2.98. The molecule has 136 valence electrons. The van der Waals surface area contributed by atoms with Gasteiger partial charge in [-0.05, 0) is 49.6 Å². The summed E-state index contributed by atoms with van der Waals surface area (Å²) < 4.78 is 12.4. The maximum atomic E-state index is 12.6. The van der Waals surface area contributed by atoms with Gasteiger partial charge >= 0.3 is 0 Å². The van der Waals surface area contributed by atoms with Gasteiger partial charge in [-0.2, -0.15) is 0 Å². The molecule has 0 aliphatic carbocycles. The molecule has 3 rings (SSSR count). The molecule has 0 spiro atoms. The molecular weight excluding hydrogens is 330 g/mol. The SMILES string of the molecule is COc1ccc(CCNC(=O)c2c(C)nc3c(C)cccn23)cc1OC. The van der Waals surface area contributed by atoms with Crippen LogP contribution >= 0.6 is 0 Å². The summed E-state index contributed by atoms with van der Waals surface area (Å²) in [6.07, 6.45) is 2.56. The Morgan fingerprint density at radius 3 is 2.65 bits per heavy atom. The minimum absolute atomic E-state index is 0.124. The third-order valence-electron chi connectivity index (χ3n) is 4.38. The fraction of sp³-hybridized carbons (Fsp3) is 0.300. The van der Waals surface area contributed by atoms with Crippen molar-refractivity contribution < 1.29 is 14.3 Å². The fourth-order valence-electron chi connectivity index (χ4n) is 3.03. The summed E-state index contributed by atoms with van der Waals surface area (Å²) in [6.45, 7) is 4.36. The highest BCUT2D eigenvalue weighted by atomic mass is 16.5. The number of ether oxygens (including phenoxy) is 2. The monoisotopic (exact) mass is 353 g/mol. The van der Waals surface area contributed by atoms with Gasteiger partial charge in [-0.1, -0.05) is 12.1 Å². The Bertz CT molecular complexity index is 947. The van der Waals surface area contributed by atoms with E-state index in [2.05, 4.69) is 10.3 Å². The van der Waals surface area contributed by atoms with Crippen molar-refractivity contribution in [2.24, 2.45) is 0 Å². The van der Waals surface area contributed by atoms with Crippen LogP contribution in [0.1, 0.15) is 27.3 Å². The van der Waals surface area contributed by atoms with Crippen LogP contribution in [0.2, 0.25) is 0 Å². The first-order chi connectivity index (χ1) is 12.5. The molecule has 0 unspecified atom stereocenters. The zero-order valence-corrected chi connectivity index (χ0v) is 15.5. The van der Waals surface area contributed by atoms with Crippen molar-refractivity contribution in [1.29, 1.82) is 0 Å². The van der Waals surface area contributed by atoms with Crippen LogP contribution in [0.3, 0.4) is 0 Å². The van der Waals surface area contributed by atoms with Gasteiger partial charge < -0.3 is 14.8 Å². The van der Waals surface area contributed by atoms with Gasteiger partial charge in [0.1, 0.15) is 11.3 Å². The van der Waals surface area contributed by atoms with Gasteiger partial charge in [0.25, 0.3) is 5.91 Å². The number of hydrogen-bond acceptors (Lipinski definition) is 4. The molecule has 1 N–H and O–H groups in total. The van der Waals surface area contributed by atoms with Gasteiger partial charge in [0, 0.05) is 12.7 Å². The number of fused-ring (bicyclic) bond motifs is 1. The number of imidazole rings is 1. The number of hydrogen-bond donors (Lipinski definition) is 1. The number of pyridine rings is 1. The Balaban J connectivity index is 1.70.